The number of terminal acetylenes is 1. The van der Waals surface area contributed by atoms with Gasteiger partial charge >= 0.3 is 0 Å². The Morgan fingerprint density at radius 1 is 1.08 bits per heavy atom. The van der Waals surface area contributed by atoms with Crippen LogP contribution >= 0.6 is 0 Å². The molecule has 9 nitrogen and oxygen atoms in total. The minimum atomic E-state index is -1.01. The van der Waals surface area contributed by atoms with Crippen LogP contribution in [0.25, 0.3) is 0 Å². The summed E-state index contributed by atoms with van der Waals surface area (Å²) >= 11 is 0. The molecule has 2 aromatic carbocycles. The fraction of sp³-hybridized carbons (Fsp3) is 0.345. The summed E-state index contributed by atoms with van der Waals surface area (Å²) < 4.78 is 0. The van der Waals surface area contributed by atoms with Crippen molar-refractivity contribution in [2.24, 2.45) is 5.92 Å². The standard InChI is InChI=1S/C29H28N4O5/c1-3-18-8-5-10-20(16-18)30-26(35)19-9-7-15-31(17-19)22-12-6-11-21-25(22)29(38)33(27(21)36)23-13-14-24(34)32(4-2)28(23)37/h1,5-6,8,10-12,16,19,23H,4,7,9,13-15,17H2,2H3,(H,30,35). The number of likely N-dealkylation sites (N-methyl/N-ethyl adjacent to an activating group) is 1. The molecule has 5 amide bonds. The van der Waals surface area contributed by atoms with Gasteiger partial charge < -0.3 is 10.2 Å². The van der Waals surface area contributed by atoms with Crippen LogP contribution in [0.15, 0.2) is 42.5 Å². The van der Waals surface area contributed by atoms with Crippen LogP contribution in [0.2, 0.25) is 0 Å². The molecular weight excluding hydrogens is 484 g/mol. The van der Waals surface area contributed by atoms with Crippen molar-refractivity contribution in [3.8, 4) is 12.3 Å². The van der Waals surface area contributed by atoms with E-state index < -0.39 is 23.8 Å². The van der Waals surface area contributed by atoms with E-state index in [0.717, 1.165) is 16.2 Å². The number of anilines is 2. The lowest BCUT2D eigenvalue weighted by atomic mass is 9.95. The van der Waals surface area contributed by atoms with Crippen molar-refractivity contribution in [2.45, 2.75) is 38.6 Å². The van der Waals surface area contributed by atoms with Crippen molar-refractivity contribution < 1.29 is 24.0 Å². The Morgan fingerprint density at radius 3 is 2.63 bits per heavy atom. The zero-order valence-electron chi connectivity index (χ0n) is 21.1. The Labute approximate surface area is 220 Å². The highest BCUT2D eigenvalue weighted by molar-refractivity contribution is 6.25. The van der Waals surface area contributed by atoms with E-state index in [-0.39, 0.29) is 48.2 Å². The molecule has 2 aromatic rings. The average Bonchev–Trinajstić information content (AvgIpc) is 3.19. The van der Waals surface area contributed by atoms with E-state index in [1.807, 2.05) is 4.90 Å². The number of hydrogen-bond acceptors (Lipinski definition) is 6. The van der Waals surface area contributed by atoms with Gasteiger partial charge in [0.15, 0.2) is 0 Å². The number of carbonyl (C=O) groups is 5. The molecule has 2 saturated heterocycles. The fourth-order valence-electron chi connectivity index (χ4n) is 5.57. The molecule has 0 spiro atoms. The summed E-state index contributed by atoms with van der Waals surface area (Å²) in [5, 5.41) is 2.93. The van der Waals surface area contributed by atoms with Crippen LogP contribution in [-0.2, 0) is 14.4 Å². The summed E-state index contributed by atoms with van der Waals surface area (Å²) in [6, 6.07) is 11.1. The van der Waals surface area contributed by atoms with Gasteiger partial charge in [-0.25, -0.2) is 0 Å². The smallest absolute Gasteiger partial charge is 0.264 e. The molecule has 2 fully saturated rings. The predicted octanol–water partition coefficient (Wildman–Crippen LogP) is 2.66. The third-order valence-electron chi connectivity index (χ3n) is 7.47. The van der Waals surface area contributed by atoms with Crippen molar-refractivity contribution in [2.75, 3.05) is 29.9 Å². The number of likely N-dealkylation sites (tertiary alicyclic amines) is 1. The molecule has 3 aliphatic rings. The van der Waals surface area contributed by atoms with Gasteiger partial charge in [0, 0.05) is 37.3 Å². The summed E-state index contributed by atoms with van der Waals surface area (Å²) in [4.78, 5) is 69.3. The number of nitrogens with zero attached hydrogens (tertiary/aromatic N) is 3. The van der Waals surface area contributed by atoms with Gasteiger partial charge in [-0.15, -0.1) is 6.42 Å². The summed E-state index contributed by atoms with van der Waals surface area (Å²) in [6.45, 7) is 2.87. The topological polar surface area (TPSA) is 107 Å². The third-order valence-corrected chi connectivity index (χ3v) is 7.47. The number of carbonyl (C=O) groups excluding carboxylic acids is 5. The number of hydrogen-bond donors (Lipinski definition) is 1. The molecular formula is C29H28N4O5. The van der Waals surface area contributed by atoms with Gasteiger partial charge in [-0.2, -0.15) is 0 Å². The molecule has 194 valence electrons. The van der Waals surface area contributed by atoms with Crippen molar-refractivity contribution in [3.05, 3.63) is 59.2 Å². The molecule has 3 heterocycles. The SMILES string of the molecule is C#Cc1cccc(NC(=O)C2CCCN(c3cccc4c3C(=O)N(C3CCC(=O)N(CC)C3=O)C4=O)C2)c1. The monoisotopic (exact) mass is 512 g/mol. The van der Waals surface area contributed by atoms with Crippen LogP contribution in [-0.4, -0.2) is 65.0 Å². The van der Waals surface area contributed by atoms with Crippen LogP contribution in [0, 0.1) is 18.3 Å². The first-order valence-electron chi connectivity index (χ1n) is 12.8. The summed E-state index contributed by atoms with van der Waals surface area (Å²) in [6.07, 6.45) is 7.09. The predicted molar refractivity (Wildman–Crippen MR) is 140 cm³/mol. The highest BCUT2D eigenvalue weighted by Gasteiger charge is 2.48. The molecule has 0 saturated carbocycles. The van der Waals surface area contributed by atoms with Crippen molar-refractivity contribution in [1.29, 1.82) is 0 Å². The van der Waals surface area contributed by atoms with Gasteiger partial charge in [-0.05, 0) is 56.5 Å². The van der Waals surface area contributed by atoms with Crippen molar-refractivity contribution in [1.82, 2.24) is 9.80 Å². The maximum Gasteiger partial charge on any atom is 0.264 e. The minimum Gasteiger partial charge on any atom is -0.370 e. The van der Waals surface area contributed by atoms with Crippen LogP contribution in [0.1, 0.15) is 58.9 Å². The first-order chi connectivity index (χ1) is 18.3. The average molecular weight is 513 g/mol. The van der Waals surface area contributed by atoms with Gasteiger partial charge in [0.25, 0.3) is 17.7 Å². The molecule has 5 rings (SSSR count). The molecule has 2 unspecified atom stereocenters. The van der Waals surface area contributed by atoms with Gasteiger partial charge in [0.05, 0.1) is 22.7 Å². The second kappa shape index (κ2) is 10.1. The number of imide groups is 2. The number of rotatable bonds is 5. The largest absolute Gasteiger partial charge is 0.370 e. The Hall–Kier alpha value is -4.45. The van der Waals surface area contributed by atoms with E-state index in [4.69, 9.17) is 6.42 Å². The normalized spacial score (nSPS) is 21.4. The summed E-state index contributed by atoms with van der Waals surface area (Å²) in [5.41, 5.74) is 2.34. The lowest BCUT2D eigenvalue weighted by Crippen LogP contribution is -2.56. The second-order valence-corrected chi connectivity index (χ2v) is 9.71. The van der Waals surface area contributed by atoms with E-state index in [1.54, 1.807) is 49.4 Å². The van der Waals surface area contributed by atoms with Crippen LogP contribution in [0.4, 0.5) is 11.4 Å². The number of benzene rings is 2. The fourth-order valence-corrected chi connectivity index (χ4v) is 5.57. The van der Waals surface area contributed by atoms with E-state index in [1.165, 1.54) is 0 Å². The number of fused-ring (bicyclic) bond motifs is 1. The van der Waals surface area contributed by atoms with E-state index >= 15 is 0 Å². The molecule has 0 aliphatic carbocycles. The molecule has 0 bridgehead atoms. The van der Waals surface area contributed by atoms with Crippen molar-refractivity contribution >= 4 is 40.9 Å². The maximum atomic E-state index is 13.6. The Kier molecular flexibility index (Phi) is 6.72. The number of nitrogens with one attached hydrogen (secondary N) is 1. The Morgan fingerprint density at radius 2 is 1.87 bits per heavy atom. The van der Waals surface area contributed by atoms with Crippen LogP contribution in [0.3, 0.4) is 0 Å². The molecule has 2 atom stereocenters. The lowest BCUT2D eigenvalue weighted by Gasteiger charge is -2.35. The molecule has 0 aromatic heterocycles. The van der Waals surface area contributed by atoms with Crippen molar-refractivity contribution in [3.63, 3.8) is 0 Å². The zero-order valence-corrected chi connectivity index (χ0v) is 21.1. The molecule has 3 aliphatic heterocycles. The second-order valence-electron chi connectivity index (χ2n) is 9.71. The van der Waals surface area contributed by atoms with E-state index in [0.29, 0.717) is 36.4 Å². The summed E-state index contributed by atoms with van der Waals surface area (Å²) in [7, 11) is 0. The maximum absolute atomic E-state index is 13.6. The van der Waals surface area contributed by atoms with Gasteiger partial charge in [0.1, 0.15) is 6.04 Å². The highest BCUT2D eigenvalue weighted by Crippen LogP contribution is 2.36. The van der Waals surface area contributed by atoms with E-state index in [9.17, 15) is 24.0 Å². The Balaban J connectivity index is 1.37. The quantitative estimate of drug-likeness (QED) is 0.488. The Bertz CT molecular complexity index is 1390. The van der Waals surface area contributed by atoms with Crippen LogP contribution in [0.5, 0.6) is 0 Å². The summed E-state index contributed by atoms with van der Waals surface area (Å²) in [5.74, 6) is 0.189. The zero-order chi connectivity index (χ0) is 27.0. The molecule has 0 radical (unpaired) electrons. The number of amides is 5. The van der Waals surface area contributed by atoms with E-state index in [2.05, 4.69) is 11.2 Å². The number of piperidine rings is 2. The first kappa shape index (κ1) is 25.2. The highest BCUT2D eigenvalue weighted by atomic mass is 16.2. The van der Waals surface area contributed by atoms with Gasteiger partial charge in [-0.1, -0.05) is 18.1 Å². The molecule has 1 N–H and O–H groups in total. The molecule has 38 heavy (non-hydrogen) atoms. The minimum absolute atomic E-state index is 0.0949. The van der Waals surface area contributed by atoms with Gasteiger partial charge in [-0.3, -0.25) is 33.8 Å². The molecule has 9 heteroatoms. The lowest BCUT2D eigenvalue weighted by molar-refractivity contribution is -0.151. The first-order valence-corrected chi connectivity index (χ1v) is 12.8. The third kappa shape index (κ3) is 4.32. The van der Waals surface area contributed by atoms with Gasteiger partial charge in [0.2, 0.25) is 11.8 Å². The van der Waals surface area contributed by atoms with Crippen LogP contribution < -0.4 is 10.2 Å².